The van der Waals surface area contributed by atoms with Gasteiger partial charge in [-0.2, -0.15) is 0 Å². The van der Waals surface area contributed by atoms with Gasteiger partial charge >= 0.3 is 12.1 Å². The van der Waals surface area contributed by atoms with Gasteiger partial charge in [0.05, 0.1) is 0 Å². The van der Waals surface area contributed by atoms with E-state index in [4.69, 9.17) is 9.84 Å². The van der Waals surface area contributed by atoms with Crippen molar-refractivity contribution in [3.8, 4) is 11.1 Å². The molecule has 0 aliphatic heterocycles. The lowest BCUT2D eigenvalue weighted by molar-refractivity contribution is -0.138. The summed E-state index contributed by atoms with van der Waals surface area (Å²) in [5.41, 5.74) is 5.26. The van der Waals surface area contributed by atoms with Crippen LogP contribution in [-0.2, 0) is 20.7 Å². The molecule has 0 saturated carbocycles. The van der Waals surface area contributed by atoms with Gasteiger partial charge in [0.25, 0.3) is 0 Å². The summed E-state index contributed by atoms with van der Waals surface area (Å²) in [6, 6.07) is 18.9. The zero-order valence-electron chi connectivity index (χ0n) is 19.5. The molecule has 0 bridgehead atoms. The molecular weight excluding hydrogens is 446 g/mol. The van der Waals surface area contributed by atoms with Crippen LogP contribution in [0.2, 0.25) is 0 Å². The number of carbonyl (C=O) groups excluding carboxylic acids is 2. The van der Waals surface area contributed by atoms with E-state index < -0.39 is 24.0 Å². The number of hydrogen-bond acceptors (Lipinski definition) is 4. The van der Waals surface area contributed by atoms with Gasteiger partial charge in [-0.05, 0) is 40.3 Å². The number of H-pyrrole nitrogens is 1. The first-order chi connectivity index (χ1) is 16.9. The summed E-state index contributed by atoms with van der Waals surface area (Å²) < 4.78 is 5.60. The summed E-state index contributed by atoms with van der Waals surface area (Å²) in [7, 11) is 0. The van der Waals surface area contributed by atoms with Crippen molar-refractivity contribution in [2.24, 2.45) is 5.92 Å². The molecule has 1 heterocycles. The molecule has 4 rings (SSSR count). The molecule has 182 valence electrons. The Kier molecular flexibility index (Phi) is 7.50. The summed E-state index contributed by atoms with van der Waals surface area (Å²) in [6.45, 7) is 2.08. The third-order valence-corrected chi connectivity index (χ3v) is 6.19. The largest absolute Gasteiger partial charge is 0.481 e. The van der Waals surface area contributed by atoms with E-state index in [1.54, 1.807) is 13.1 Å². The van der Waals surface area contributed by atoms with Crippen LogP contribution in [0.15, 0.2) is 66.9 Å². The highest BCUT2D eigenvalue weighted by atomic mass is 16.5. The van der Waals surface area contributed by atoms with E-state index in [0.717, 1.165) is 27.9 Å². The van der Waals surface area contributed by atoms with Crippen LogP contribution in [0.5, 0.6) is 0 Å². The predicted molar refractivity (Wildman–Crippen MR) is 131 cm³/mol. The van der Waals surface area contributed by atoms with Crippen LogP contribution >= 0.6 is 0 Å². The summed E-state index contributed by atoms with van der Waals surface area (Å²) >= 11 is 0. The molecule has 2 unspecified atom stereocenters. The highest BCUT2D eigenvalue weighted by Crippen LogP contribution is 2.44. The Labute approximate surface area is 203 Å². The number of aromatic amines is 1. The molecule has 1 aliphatic carbocycles. The zero-order chi connectivity index (χ0) is 24.8. The molecule has 8 nitrogen and oxygen atoms in total. The molecule has 0 radical (unpaired) electrons. The second-order valence-electron chi connectivity index (χ2n) is 8.87. The number of amides is 2. The monoisotopic (exact) mass is 475 g/mol. The summed E-state index contributed by atoms with van der Waals surface area (Å²) in [5, 5.41) is 14.4. The Hall–Kier alpha value is -4.07. The number of aromatic nitrogens is 1. The number of carboxylic acids is 1. The number of hydrogen-bond donors (Lipinski definition) is 4. The molecule has 0 saturated heterocycles. The first-order valence-electron chi connectivity index (χ1n) is 11.7. The molecule has 4 N–H and O–H groups in total. The Morgan fingerprint density at radius 3 is 2.26 bits per heavy atom. The normalized spacial score (nSPS) is 13.9. The lowest BCUT2D eigenvalue weighted by Crippen LogP contribution is -2.49. The zero-order valence-corrected chi connectivity index (χ0v) is 19.5. The fourth-order valence-electron chi connectivity index (χ4n) is 4.47. The molecule has 1 aliphatic rings. The third-order valence-electron chi connectivity index (χ3n) is 6.19. The van der Waals surface area contributed by atoms with Gasteiger partial charge in [0.2, 0.25) is 5.91 Å². The lowest BCUT2D eigenvalue weighted by atomic mass is 9.98. The SMILES string of the molecule is CC(CNC(=O)C(Cc1ccc[nH]1)NC(=O)OCC1c2ccccc2-c2ccccc21)CC(=O)O. The Bertz CT molecular complexity index is 1150. The average molecular weight is 476 g/mol. The standard InChI is InChI=1S/C27H29N3O5/c1-17(13-25(31)32)15-29-26(33)24(14-18-7-6-12-28-18)30-27(34)35-16-23-21-10-4-2-8-19(21)20-9-3-5-11-22(20)23/h2-12,17,23-24,28H,13-16H2,1H3,(H,29,33)(H,30,34)(H,31,32). The minimum atomic E-state index is -0.925. The van der Waals surface area contributed by atoms with Gasteiger partial charge in [-0.1, -0.05) is 55.5 Å². The maximum atomic E-state index is 12.8. The average Bonchev–Trinajstić information content (AvgIpc) is 3.46. The van der Waals surface area contributed by atoms with E-state index in [1.165, 1.54) is 0 Å². The molecule has 0 fully saturated rings. The van der Waals surface area contributed by atoms with Crippen LogP contribution in [0.1, 0.15) is 36.1 Å². The predicted octanol–water partition coefficient (Wildman–Crippen LogP) is 3.69. The van der Waals surface area contributed by atoms with E-state index in [1.807, 2.05) is 48.5 Å². The van der Waals surface area contributed by atoms with Crippen molar-refractivity contribution in [2.45, 2.75) is 31.7 Å². The van der Waals surface area contributed by atoms with Gasteiger partial charge in [-0.3, -0.25) is 9.59 Å². The van der Waals surface area contributed by atoms with Gasteiger partial charge in [-0.25, -0.2) is 4.79 Å². The van der Waals surface area contributed by atoms with Crippen LogP contribution in [0.3, 0.4) is 0 Å². The van der Waals surface area contributed by atoms with Crippen molar-refractivity contribution in [1.29, 1.82) is 0 Å². The smallest absolute Gasteiger partial charge is 0.407 e. The first kappa shape index (κ1) is 24.1. The molecule has 35 heavy (non-hydrogen) atoms. The van der Waals surface area contributed by atoms with Gasteiger partial charge < -0.3 is 25.5 Å². The fourth-order valence-corrected chi connectivity index (χ4v) is 4.47. The van der Waals surface area contributed by atoms with Crippen molar-refractivity contribution >= 4 is 18.0 Å². The van der Waals surface area contributed by atoms with Gasteiger partial charge in [0, 0.05) is 37.2 Å². The minimum Gasteiger partial charge on any atom is -0.481 e. The molecule has 3 aromatic rings. The molecule has 2 atom stereocenters. The van der Waals surface area contributed by atoms with Crippen molar-refractivity contribution < 1.29 is 24.2 Å². The van der Waals surface area contributed by atoms with Crippen LogP contribution in [-0.4, -0.2) is 47.3 Å². The molecule has 0 spiro atoms. The number of carbonyl (C=O) groups is 3. The van der Waals surface area contributed by atoms with Crippen LogP contribution < -0.4 is 10.6 Å². The van der Waals surface area contributed by atoms with E-state index in [2.05, 4.69) is 27.8 Å². The minimum absolute atomic E-state index is 0.0542. The number of rotatable bonds is 10. The van der Waals surface area contributed by atoms with E-state index in [0.29, 0.717) is 0 Å². The quantitative estimate of drug-likeness (QED) is 0.356. The Morgan fingerprint density at radius 1 is 1.00 bits per heavy atom. The summed E-state index contributed by atoms with van der Waals surface area (Å²) in [5.74, 6) is -1.64. The number of alkyl carbamates (subject to hydrolysis) is 1. The number of aliphatic carboxylic acids is 1. The molecule has 2 aromatic carbocycles. The molecular formula is C27H29N3O5. The van der Waals surface area contributed by atoms with Gasteiger partial charge in [0.15, 0.2) is 0 Å². The second-order valence-corrected chi connectivity index (χ2v) is 8.87. The highest BCUT2D eigenvalue weighted by molar-refractivity contribution is 5.86. The molecule has 1 aromatic heterocycles. The maximum absolute atomic E-state index is 12.8. The number of benzene rings is 2. The maximum Gasteiger partial charge on any atom is 0.407 e. The Balaban J connectivity index is 1.40. The van der Waals surface area contributed by atoms with E-state index in [9.17, 15) is 14.4 Å². The van der Waals surface area contributed by atoms with Crippen LogP contribution in [0.25, 0.3) is 11.1 Å². The van der Waals surface area contributed by atoms with Crippen LogP contribution in [0, 0.1) is 5.92 Å². The number of nitrogens with one attached hydrogen (secondary N) is 3. The Morgan fingerprint density at radius 2 is 1.66 bits per heavy atom. The summed E-state index contributed by atoms with van der Waals surface area (Å²) in [4.78, 5) is 39.5. The third kappa shape index (κ3) is 5.90. The van der Waals surface area contributed by atoms with Crippen molar-refractivity contribution in [1.82, 2.24) is 15.6 Å². The lowest BCUT2D eigenvalue weighted by Gasteiger charge is -2.20. The van der Waals surface area contributed by atoms with E-state index in [-0.39, 0.29) is 37.8 Å². The summed E-state index contributed by atoms with van der Waals surface area (Å²) in [6.07, 6.45) is 1.25. The first-order valence-corrected chi connectivity index (χ1v) is 11.7. The van der Waals surface area contributed by atoms with Crippen molar-refractivity contribution in [2.75, 3.05) is 13.2 Å². The van der Waals surface area contributed by atoms with Crippen molar-refractivity contribution in [3.05, 3.63) is 83.7 Å². The van der Waals surface area contributed by atoms with Gasteiger partial charge in [0.1, 0.15) is 12.6 Å². The molecule has 8 heteroatoms. The topological polar surface area (TPSA) is 121 Å². The molecule has 2 amide bonds. The fraction of sp³-hybridized carbons (Fsp3) is 0.296. The van der Waals surface area contributed by atoms with Gasteiger partial charge in [-0.15, -0.1) is 0 Å². The number of fused-ring (bicyclic) bond motifs is 3. The van der Waals surface area contributed by atoms with Crippen molar-refractivity contribution in [3.63, 3.8) is 0 Å². The number of ether oxygens (including phenoxy) is 1. The van der Waals surface area contributed by atoms with E-state index >= 15 is 0 Å². The van der Waals surface area contributed by atoms with Crippen LogP contribution in [0.4, 0.5) is 4.79 Å². The highest BCUT2D eigenvalue weighted by Gasteiger charge is 2.30. The number of carboxylic acid groups (broad SMARTS) is 1. The second kappa shape index (κ2) is 10.9.